The lowest BCUT2D eigenvalue weighted by Crippen LogP contribution is -2.17. The summed E-state index contributed by atoms with van der Waals surface area (Å²) in [5.74, 6) is -0.137. The van der Waals surface area contributed by atoms with E-state index in [1.54, 1.807) is 25.1 Å². The standard InChI is InChI=1S/C18H14F3NO4/c1-10-14-9-13(24-2)7-8-15(14)25-16(10)17(23)22-11-3-5-12(6-4-11)26-18(19,20)21/h3-9H,1-2H3,(H,22,23). The van der Waals surface area contributed by atoms with E-state index in [1.165, 1.54) is 19.2 Å². The molecule has 8 heteroatoms. The summed E-state index contributed by atoms with van der Waals surface area (Å²) < 4.78 is 51.0. The molecule has 0 saturated carbocycles. The molecule has 2 aromatic carbocycles. The molecule has 0 radical (unpaired) electrons. The number of fused-ring (bicyclic) bond motifs is 1. The average Bonchev–Trinajstić information content (AvgIpc) is 2.92. The van der Waals surface area contributed by atoms with Crippen LogP contribution in [0.1, 0.15) is 16.1 Å². The largest absolute Gasteiger partial charge is 0.573 e. The van der Waals surface area contributed by atoms with Gasteiger partial charge in [0.2, 0.25) is 0 Å². The summed E-state index contributed by atoms with van der Waals surface area (Å²) in [6.07, 6.45) is -4.77. The summed E-state index contributed by atoms with van der Waals surface area (Å²) in [5, 5.41) is 3.32. The zero-order valence-corrected chi connectivity index (χ0v) is 13.8. The molecule has 136 valence electrons. The number of rotatable bonds is 4. The minimum Gasteiger partial charge on any atom is -0.497 e. The van der Waals surface area contributed by atoms with Crippen LogP contribution in [0.15, 0.2) is 46.9 Å². The summed E-state index contributed by atoms with van der Waals surface area (Å²) in [6.45, 7) is 1.74. The number of benzene rings is 2. The van der Waals surface area contributed by atoms with Crippen LogP contribution < -0.4 is 14.8 Å². The molecule has 5 nitrogen and oxygen atoms in total. The van der Waals surface area contributed by atoms with Crippen molar-refractivity contribution < 1.29 is 31.9 Å². The summed E-state index contributed by atoms with van der Waals surface area (Å²) in [7, 11) is 1.54. The van der Waals surface area contributed by atoms with E-state index in [-0.39, 0.29) is 11.5 Å². The molecule has 1 aromatic heterocycles. The lowest BCUT2D eigenvalue weighted by molar-refractivity contribution is -0.274. The van der Waals surface area contributed by atoms with Gasteiger partial charge in [-0.2, -0.15) is 0 Å². The van der Waals surface area contributed by atoms with Gasteiger partial charge < -0.3 is 19.2 Å². The van der Waals surface area contributed by atoms with Crippen LogP contribution >= 0.6 is 0 Å². The molecule has 0 aliphatic carbocycles. The Labute approximate surface area is 146 Å². The molecule has 0 spiro atoms. The molecular formula is C18H14F3NO4. The number of alkyl halides is 3. The Morgan fingerprint density at radius 2 is 1.73 bits per heavy atom. The second-order valence-corrected chi connectivity index (χ2v) is 5.44. The zero-order valence-electron chi connectivity index (χ0n) is 13.8. The highest BCUT2D eigenvalue weighted by molar-refractivity contribution is 6.06. The van der Waals surface area contributed by atoms with Crippen LogP contribution in [0.2, 0.25) is 0 Å². The number of anilines is 1. The molecule has 0 saturated heterocycles. The number of methoxy groups -OCH3 is 1. The van der Waals surface area contributed by atoms with E-state index in [0.717, 1.165) is 17.5 Å². The first kappa shape index (κ1) is 17.7. The fourth-order valence-corrected chi connectivity index (χ4v) is 2.47. The number of hydrogen-bond donors (Lipinski definition) is 1. The molecule has 0 fully saturated rings. The Kier molecular flexibility index (Phi) is 4.50. The van der Waals surface area contributed by atoms with Crippen LogP contribution in [0.25, 0.3) is 11.0 Å². The second-order valence-electron chi connectivity index (χ2n) is 5.44. The molecule has 0 aliphatic heterocycles. The fraction of sp³-hybridized carbons (Fsp3) is 0.167. The van der Waals surface area contributed by atoms with Gasteiger partial charge in [0.05, 0.1) is 7.11 Å². The van der Waals surface area contributed by atoms with Crippen LogP contribution in [-0.4, -0.2) is 19.4 Å². The highest BCUT2D eigenvalue weighted by atomic mass is 19.4. The average molecular weight is 365 g/mol. The van der Waals surface area contributed by atoms with Crippen LogP contribution in [0.4, 0.5) is 18.9 Å². The maximum absolute atomic E-state index is 12.4. The second kappa shape index (κ2) is 6.62. The van der Waals surface area contributed by atoms with Crippen LogP contribution in [0, 0.1) is 6.92 Å². The quantitative estimate of drug-likeness (QED) is 0.714. The summed E-state index contributed by atoms with van der Waals surface area (Å²) in [6, 6.07) is 10.0. The predicted octanol–water partition coefficient (Wildman–Crippen LogP) is 4.90. The van der Waals surface area contributed by atoms with Crippen LogP contribution in [0.5, 0.6) is 11.5 Å². The van der Waals surface area contributed by atoms with E-state index >= 15 is 0 Å². The number of carbonyl (C=O) groups excluding carboxylic acids is 1. The molecule has 26 heavy (non-hydrogen) atoms. The molecule has 1 amide bonds. The molecule has 3 aromatic rings. The first-order chi connectivity index (χ1) is 12.3. The van der Waals surface area contributed by atoms with Gasteiger partial charge in [0.25, 0.3) is 5.91 Å². The lowest BCUT2D eigenvalue weighted by atomic mass is 10.1. The Hall–Kier alpha value is -3.16. The minimum atomic E-state index is -4.77. The Balaban J connectivity index is 1.80. The SMILES string of the molecule is COc1ccc2oc(C(=O)Nc3ccc(OC(F)(F)F)cc3)c(C)c2c1. The number of aryl methyl sites for hydroxylation is 1. The maximum atomic E-state index is 12.4. The normalized spacial score (nSPS) is 11.4. The molecule has 3 rings (SSSR count). The van der Waals surface area contributed by atoms with Crippen molar-refractivity contribution in [2.45, 2.75) is 13.3 Å². The third-order valence-corrected chi connectivity index (χ3v) is 3.70. The van der Waals surface area contributed by atoms with E-state index in [9.17, 15) is 18.0 Å². The van der Waals surface area contributed by atoms with Gasteiger partial charge in [-0.15, -0.1) is 13.2 Å². The third kappa shape index (κ3) is 3.74. The monoisotopic (exact) mass is 365 g/mol. The topological polar surface area (TPSA) is 60.7 Å². The van der Waals surface area contributed by atoms with Crippen molar-refractivity contribution in [3.63, 3.8) is 0 Å². The summed E-state index contributed by atoms with van der Waals surface area (Å²) >= 11 is 0. The Morgan fingerprint density at radius 1 is 1.08 bits per heavy atom. The molecule has 1 N–H and O–H groups in total. The molecule has 0 atom stereocenters. The van der Waals surface area contributed by atoms with Gasteiger partial charge in [-0.05, 0) is 49.4 Å². The van der Waals surface area contributed by atoms with Gasteiger partial charge in [0.1, 0.15) is 17.1 Å². The van der Waals surface area contributed by atoms with E-state index in [0.29, 0.717) is 22.6 Å². The van der Waals surface area contributed by atoms with Gasteiger partial charge >= 0.3 is 6.36 Å². The van der Waals surface area contributed by atoms with Gasteiger partial charge in [-0.3, -0.25) is 4.79 Å². The number of nitrogens with one attached hydrogen (secondary N) is 1. The van der Waals surface area contributed by atoms with E-state index in [2.05, 4.69) is 10.1 Å². The maximum Gasteiger partial charge on any atom is 0.573 e. The smallest absolute Gasteiger partial charge is 0.497 e. The number of halogens is 3. The van der Waals surface area contributed by atoms with Crippen molar-refractivity contribution in [3.8, 4) is 11.5 Å². The molecule has 0 aliphatic rings. The number of hydrogen-bond acceptors (Lipinski definition) is 4. The minimum absolute atomic E-state index is 0.115. The summed E-state index contributed by atoms with van der Waals surface area (Å²) in [4.78, 5) is 12.4. The van der Waals surface area contributed by atoms with Gasteiger partial charge in [-0.25, -0.2) is 0 Å². The van der Waals surface area contributed by atoms with Crippen LogP contribution in [0.3, 0.4) is 0 Å². The van der Waals surface area contributed by atoms with Crippen molar-refractivity contribution in [2.24, 2.45) is 0 Å². The number of carbonyl (C=O) groups is 1. The van der Waals surface area contributed by atoms with Crippen molar-refractivity contribution >= 4 is 22.6 Å². The first-order valence-corrected chi connectivity index (χ1v) is 7.51. The number of ether oxygens (including phenoxy) is 2. The predicted molar refractivity (Wildman–Crippen MR) is 88.6 cm³/mol. The van der Waals surface area contributed by atoms with Crippen molar-refractivity contribution in [1.29, 1.82) is 0 Å². The van der Waals surface area contributed by atoms with Crippen molar-refractivity contribution in [3.05, 3.63) is 53.8 Å². The molecular weight excluding hydrogens is 351 g/mol. The van der Waals surface area contributed by atoms with Gasteiger partial charge in [-0.1, -0.05) is 0 Å². The van der Waals surface area contributed by atoms with Gasteiger partial charge in [0.15, 0.2) is 5.76 Å². The van der Waals surface area contributed by atoms with Gasteiger partial charge in [0, 0.05) is 16.6 Å². The Morgan fingerprint density at radius 3 is 2.35 bits per heavy atom. The highest BCUT2D eigenvalue weighted by Gasteiger charge is 2.31. The molecule has 1 heterocycles. The van der Waals surface area contributed by atoms with E-state index < -0.39 is 12.3 Å². The number of furan rings is 1. The molecule has 0 bridgehead atoms. The van der Waals surface area contributed by atoms with Crippen LogP contribution in [-0.2, 0) is 0 Å². The number of amides is 1. The van der Waals surface area contributed by atoms with Crippen molar-refractivity contribution in [2.75, 3.05) is 12.4 Å². The zero-order chi connectivity index (χ0) is 18.9. The lowest BCUT2D eigenvalue weighted by Gasteiger charge is -2.09. The van der Waals surface area contributed by atoms with Crippen molar-refractivity contribution in [1.82, 2.24) is 0 Å². The fourth-order valence-electron chi connectivity index (χ4n) is 2.47. The third-order valence-electron chi connectivity index (χ3n) is 3.70. The highest BCUT2D eigenvalue weighted by Crippen LogP contribution is 2.29. The van der Waals surface area contributed by atoms with E-state index in [4.69, 9.17) is 9.15 Å². The van der Waals surface area contributed by atoms with E-state index in [1.807, 2.05) is 0 Å². The Bertz CT molecular complexity index is 945. The first-order valence-electron chi connectivity index (χ1n) is 7.51. The molecule has 0 unspecified atom stereocenters. The summed E-state index contributed by atoms with van der Waals surface area (Å²) in [5.41, 5.74) is 1.47.